The molecular weight excluding hydrogens is 292 g/mol. The minimum absolute atomic E-state index is 0.166. The smallest absolute Gasteiger partial charge is 0.267 e. The van der Waals surface area contributed by atoms with Crippen LogP contribution in [0.25, 0.3) is 0 Å². The molecule has 0 aromatic carbocycles. The Bertz CT molecular complexity index is 670. The van der Waals surface area contributed by atoms with Crippen LogP contribution in [0.1, 0.15) is 23.3 Å². The second-order valence-electron chi connectivity index (χ2n) is 6.12. The molecule has 6 heteroatoms. The predicted molar refractivity (Wildman–Crippen MR) is 88.4 cm³/mol. The molecule has 1 aliphatic rings. The van der Waals surface area contributed by atoms with Crippen molar-refractivity contribution in [3.63, 3.8) is 0 Å². The number of hydrogen-bond donors (Lipinski definition) is 2. The first-order valence-electron chi connectivity index (χ1n) is 7.85. The number of anilines is 1. The maximum Gasteiger partial charge on any atom is 0.267 e. The third kappa shape index (κ3) is 3.53. The Morgan fingerprint density at radius 2 is 2.26 bits per heavy atom. The van der Waals surface area contributed by atoms with Gasteiger partial charge < -0.3 is 19.9 Å². The summed E-state index contributed by atoms with van der Waals surface area (Å²) in [4.78, 5) is 18.6. The molecule has 0 saturated carbocycles. The lowest BCUT2D eigenvalue weighted by molar-refractivity contribution is 0.0253. The molecule has 1 atom stereocenters. The van der Waals surface area contributed by atoms with Gasteiger partial charge in [-0.15, -0.1) is 0 Å². The number of hydrogen-bond acceptors (Lipinski definition) is 4. The molecule has 3 heterocycles. The summed E-state index contributed by atoms with van der Waals surface area (Å²) in [5.41, 5.74) is -0.345. The topological polar surface area (TPSA) is 70.4 Å². The summed E-state index contributed by atoms with van der Waals surface area (Å²) in [6, 6.07) is 9.34. The molecule has 23 heavy (non-hydrogen) atoms. The van der Waals surface area contributed by atoms with Gasteiger partial charge in [0.25, 0.3) is 5.91 Å². The third-order valence-electron chi connectivity index (χ3n) is 4.28. The number of aliphatic hydroxyl groups is 1. The SMILES string of the molecule is Cn1cccc1C(=O)NC[C@@]1(O)CCCN(c2ccccn2)C1. The van der Waals surface area contributed by atoms with Gasteiger partial charge in [0.05, 0.1) is 5.60 Å². The number of rotatable bonds is 4. The van der Waals surface area contributed by atoms with Gasteiger partial charge in [-0.05, 0) is 37.1 Å². The van der Waals surface area contributed by atoms with E-state index in [9.17, 15) is 9.90 Å². The molecule has 0 spiro atoms. The summed E-state index contributed by atoms with van der Waals surface area (Å²) in [5, 5.41) is 13.7. The number of carbonyl (C=O) groups excluding carboxylic acids is 1. The number of aromatic nitrogens is 2. The van der Waals surface area contributed by atoms with Crippen molar-refractivity contribution in [3.05, 3.63) is 48.4 Å². The van der Waals surface area contributed by atoms with Crippen LogP contribution in [0.2, 0.25) is 0 Å². The lowest BCUT2D eigenvalue weighted by Crippen LogP contribution is -2.54. The zero-order chi connectivity index (χ0) is 16.3. The molecule has 0 aliphatic carbocycles. The van der Waals surface area contributed by atoms with E-state index in [1.54, 1.807) is 16.8 Å². The summed E-state index contributed by atoms with van der Waals surface area (Å²) < 4.78 is 1.76. The van der Waals surface area contributed by atoms with E-state index in [2.05, 4.69) is 15.2 Å². The van der Waals surface area contributed by atoms with Crippen molar-refractivity contribution in [2.24, 2.45) is 7.05 Å². The van der Waals surface area contributed by atoms with Crippen LogP contribution in [0, 0.1) is 0 Å². The van der Waals surface area contributed by atoms with Gasteiger partial charge in [-0.2, -0.15) is 0 Å². The number of carbonyl (C=O) groups is 1. The van der Waals surface area contributed by atoms with Crippen LogP contribution in [-0.2, 0) is 7.05 Å². The Labute approximate surface area is 135 Å². The second kappa shape index (κ2) is 6.42. The summed E-state index contributed by atoms with van der Waals surface area (Å²) >= 11 is 0. The molecule has 2 N–H and O–H groups in total. The summed E-state index contributed by atoms with van der Waals surface area (Å²) in [6.45, 7) is 1.57. The van der Waals surface area contributed by atoms with Crippen molar-refractivity contribution < 1.29 is 9.90 Å². The van der Waals surface area contributed by atoms with Gasteiger partial charge in [-0.1, -0.05) is 6.07 Å². The Morgan fingerprint density at radius 3 is 2.96 bits per heavy atom. The van der Waals surface area contributed by atoms with Crippen molar-refractivity contribution in [3.8, 4) is 0 Å². The molecule has 3 rings (SSSR count). The largest absolute Gasteiger partial charge is 0.386 e. The number of piperidine rings is 1. The monoisotopic (exact) mass is 314 g/mol. The zero-order valence-corrected chi connectivity index (χ0v) is 13.3. The number of pyridine rings is 1. The molecule has 1 aliphatic heterocycles. The van der Waals surface area contributed by atoms with Gasteiger partial charge >= 0.3 is 0 Å². The van der Waals surface area contributed by atoms with Crippen LogP contribution in [0.4, 0.5) is 5.82 Å². The fraction of sp³-hybridized carbons (Fsp3) is 0.412. The molecular formula is C17H22N4O2. The van der Waals surface area contributed by atoms with E-state index in [0.29, 0.717) is 18.7 Å². The minimum atomic E-state index is -0.934. The summed E-state index contributed by atoms with van der Waals surface area (Å²) in [5.74, 6) is 0.695. The Morgan fingerprint density at radius 1 is 1.39 bits per heavy atom. The predicted octanol–water partition coefficient (Wildman–Crippen LogP) is 1.18. The quantitative estimate of drug-likeness (QED) is 0.889. The Balaban J connectivity index is 1.62. The highest BCUT2D eigenvalue weighted by atomic mass is 16.3. The molecule has 1 fully saturated rings. The molecule has 0 bridgehead atoms. The van der Waals surface area contributed by atoms with Gasteiger partial charge in [-0.3, -0.25) is 4.79 Å². The number of nitrogens with one attached hydrogen (secondary N) is 1. The van der Waals surface area contributed by atoms with E-state index in [4.69, 9.17) is 0 Å². The average molecular weight is 314 g/mol. The number of β-amino-alcohol motifs (C(OH)–C–C–N with tert-alkyl or cyclic N) is 1. The first-order chi connectivity index (χ1) is 11.1. The molecule has 0 radical (unpaired) electrons. The fourth-order valence-electron chi connectivity index (χ4n) is 3.03. The molecule has 0 unspecified atom stereocenters. The van der Waals surface area contributed by atoms with Gasteiger partial charge in [0, 0.05) is 39.1 Å². The molecule has 1 amide bonds. The van der Waals surface area contributed by atoms with Crippen LogP contribution < -0.4 is 10.2 Å². The van der Waals surface area contributed by atoms with Crippen molar-refractivity contribution in [2.75, 3.05) is 24.5 Å². The van der Waals surface area contributed by atoms with E-state index >= 15 is 0 Å². The second-order valence-corrected chi connectivity index (χ2v) is 6.12. The Hall–Kier alpha value is -2.34. The van der Waals surface area contributed by atoms with Crippen LogP contribution >= 0.6 is 0 Å². The highest BCUT2D eigenvalue weighted by Gasteiger charge is 2.34. The van der Waals surface area contributed by atoms with Crippen LogP contribution in [0.5, 0.6) is 0 Å². The maximum absolute atomic E-state index is 12.2. The molecule has 122 valence electrons. The maximum atomic E-state index is 12.2. The lowest BCUT2D eigenvalue weighted by Gasteiger charge is -2.39. The summed E-state index contributed by atoms with van der Waals surface area (Å²) in [6.07, 6.45) is 5.12. The summed E-state index contributed by atoms with van der Waals surface area (Å²) in [7, 11) is 1.83. The van der Waals surface area contributed by atoms with Gasteiger partial charge in [-0.25, -0.2) is 4.98 Å². The van der Waals surface area contributed by atoms with Crippen molar-refractivity contribution in [1.82, 2.24) is 14.9 Å². The van der Waals surface area contributed by atoms with Crippen LogP contribution in [-0.4, -0.2) is 45.8 Å². The molecule has 2 aromatic heterocycles. The Kier molecular flexibility index (Phi) is 4.34. The number of aryl methyl sites for hydroxylation is 1. The van der Waals surface area contributed by atoms with Crippen molar-refractivity contribution >= 4 is 11.7 Å². The van der Waals surface area contributed by atoms with E-state index < -0.39 is 5.60 Å². The zero-order valence-electron chi connectivity index (χ0n) is 13.3. The fourth-order valence-corrected chi connectivity index (χ4v) is 3.03. The van der Waals surface area contributed by atoms with Gasteiger partial charge in [0.1, 0.15) is 11.5 Å². The highest BCUT2D eigenvalue weighted by molar-refractivity contribution is 5.92. The van der Waals surface area contributed by atoms with Crippen LogP contribution in [0.15, 0.2) is 42.7 Å². The first kappa shape index (κ1) is 15.6. The van der Waals surface area contributed by atoms with E-state index in [0.717, 1.165) is 18.8 Å². The normalized spacial score (nSPS) is 21.2. The lowest BCUT2D eigenvalue weighted by atomic mass is 9.92. The standard InChI is InChI=1S/C17H22N4O2/c1-20-10-4-6-14(20)16(22)19-12-17(23)8-5-11-21(13-17)15-7-2-3-9-18-15/h2-4,6-7,9-10,23H,5,8,11-13H2,1H3,(H,19,22)/t17-/m0/s1. The average Bonchev–Trinajstić information content (AvgIpc) is 3.00. The van der Waals surface area contributed by atoms with Crippen molar-refractivity contribution in [1.29, 1.82) is 0 Å². The number of amides is 1. The van der Waals surface area contributed by atoms with Gasteiger partial charge in [0.15, 0.2) is 0 Å². The van der Waals surface area contributed by atoms with E-state index in [-0.39, 0.29) is 12.5 Å². The third-order valence-corrected chi connectivity index (χ3v) is 4.28. The van der Waals surface area contributed by atoms with E-state index in [1.165, 1.54) is 0 Å². The molecule has 6 nitrogen and oxygen atoms in total. The first-order valence-corrected chi connectivity index (χ1v) is 7.85. The van der Waals surface area contributed by atoms with Gasteiger partial charge in [0.2, 0.25) is 0 Å². The highest BCUT2D eigenvalue weighted by Crippen LogP contribution is 2.24. The molecule has 1 saturated heterocycles. The van der Waals surface area contributed by atoms with Crippen LogP contribution in [0.3, 0.4) is 0 Å². The molecule has 2 aromatic rings. The number of nitrogens with zero attached hydrogens (tertiary/aromatic N) is 3. The van der Waals surface area contributed by atoms with E-state index in [1.807, 2.05) is 37.5 Å². The minimum Gasteiger partial charge on any atom is -0.386 e. The van der Waals surface area contributed by atoms with Crippen molar-refractivity contribution in [2.45, 2.75) is 18.4 Å².